The molecule has 0 radical (unpaired) electrons. The van der Waals surface area contributed by atoms with E-state index in [1.54, 1.807) is 0 Å². The van der Waals surface area contributed by atoms with Gasteiger partial charge in [-0.2, -0.15) is 13.2 Å². The monoisotopic (exact) mass is 265 g/mol. The quantitative estimate of drug-likeness (QED) is 0.846. The summed E-state index contributed by atoms with van der Waals surface area (Å²) in [6.45, 7) is 0.0859. The molecule has 1 N–H and O–H groups in total. The summed E-state index contributed by atoms with van der Waals surface area (Å²) < 4.78 is 37.5. The number of amides is 1. The number of carbonyl (C=O) groups excluding carboxylic acids is 1. The lowest BCUT2D eigenvalue weighted by atomic mass is 9.61. The summed E-state index contributed by atoms with van der Waals surface area (Å²) in [4.78, 5) is 22.8. The number of piperidine rings is 2. The van der Waals surface area contributed by atoms with Crippen LogP contribution in [0.1, 0.15) is 32.1 Å². The van der Waals surface area contributed by atoms with Gasteiger partial charge in [-0.05, 0) is 31.6 Å². The van der Waals surface area contributed by atoms with E-state index >= 15 is 0 Å². The predicted molar refractivity (Wildman–Crippen MR) is 54.7 cm³/mol. The fraction of sp³-hybridized carbons (Fsp3) is 0.818. The van der Waals surface area contributed by atoms with Crippen molar-refractivity contribution in [1.29, 1.82) is 0 Å². The van der Waals surface area contributed by atoms with Gasteiger partial charge in [-0.15, -0.1) is 0 Å². The van der Waals surface area contributed by atoms with Gasteiger partial charge in [0, 0.05) is 18.5 Å². The smallest absolute Gasteiger partial charge is 0.471 e. The molecule has 2 heterocycles. The van der Waals surface area contributed by atoms with Crippen LogP contribution in [0.4, 0.5) is 13.2 Å². The van der Waals surface area contributed by atoms with Gasteiger partial charge in [0.1, 0.15) is 0 Å². The Kier molecular flexibility index (Phi) is 3.03. The number of carboxylic acids is 1. The van der Waals surface area contributed by atoms with Crippen LogP contribution in [0.5, 0.6) is 0 Å². The molecule has 3 aliphatic rings. The minimum absolute atomic E-state index is 0.0859. The van der Waals surface area contributed by atoms with Crippen LogP contribution < -0.4 is 0 Å². The molecule has 102 valence electrons. The summed E-state index contributed by atoms with van der Waals surface area (Å²) in [5.41, 5.74) is -0.867. The first-order valence-electron chi connectivity index (χ1n) is 5.85. The minimum Gasteiger partial charge on any atom is -0.481 e. The highest BCUT2D eigenvalue weighted by atomic mass is 19.4. The molecule has 1 amide bonds. The van der Waals surface area contributed by atoms with Crippen molar-refractivity contribution in [2.45, 2.75) is 43.8 Å². The van der Waals surface area contributed by atoms with Crippen LogP contribution in [-0.2, 0) is 9.59 Å². The molecule has 0 unspecified atom stereocenters. The zero-order chi connectivity index (χ0) is 13.6. The second-order valence-corrected chi connectivity index (χ2v) is 5.14. The molecule has 0 aromatic heterocycles. The van der Waals surface area contributed by atoms with Gasteiger partial charge >= 0.3 is 18.1 Å². The number of carbonyl (C=O) groups is 2. The third kappa shape index (κ3) is 2.18. The number of rotatable bonds is 3. The average Bonchev–Trinajstić information content (AvgIpc) is 2.23. The normalized spacial score (nSPS) is 30.8. The van der Waals surface area contributed by atoms with Gasteiger partial charge in [0.15, 0.2) is 0 Å². The van der Waals surface area contributed by atoms with Crippen LogP contribution in [-0.4, -0.2) is 40.1 Å². The zero-order valence-electron chi connectivity index (χ0n) is 9.66. The number of fused-ring (bicyclic) bond motifs is 2. The van der Waals surface area contributed by atoms with Crippen LogP contribution in [0.3, 0.4) is 0 Å². The zero-order valence-corrected chi connectivity index (χ0v) is 9.66. The van der Waals surface area contributed by atoms with Crippen molar-refractivity contribution in [1.82, 2.24) is 4.90 Å². The molecule has 0 atom stereocenters. The molecule has 0 aromatic carbocycles. The van der Waals surface area contributed by atoms with E-state index in [1.807, 2.05) is 0 Å². The Labute approximate surface area is 102 Å². The van der Waals surface area contributed by atoms with Crippen molar-refractivity contribution in [2.75, 3.05) is 6.54 Å². The standard InChI is InChI=1S/C11H14F3NO3/c12-11(13,14)9(18)15-4-2-7-5-10(15,6-7)3-1-8(16)17/h7H,1-6H2,(H,16,17). The van der Waals surface area contributed by atoms with Crippen molar-refractivity contribution >= 4 is 11.9 Å². The van der Waals surface area contributed by atoms with Crippen molar-refractivity contribution in [3.05, 3.63) is 0 Å². The molecule has 4 nitrogen and oxygen atoms in total. The summed E-state index contributed by atoms with van der Waals surface area (Å²) in [5.74, 6) is -2.53. The highest BCUT2D eigenvalue weighted by molar-refractivity contribution is 5.83. The Balaban J connectivity index is 2.12. The number of nitrogens with zero attached hydrogens (tertiary/aromatic N) is 1. The van der Waals surface area contributed by atoms with Gasteiger partial charge in [0.2, 0.25) is 0 Å². The van der Waals surface area contributed by atoms with Crippen LogP contribution in [0.15, 0.2) is 0 Å². The molecule has 3 rings (SSSR count). The topological polar surface area (TPSA) is 57.6 Å². The van der Waals surface area contributed by atoms with E-state index < -0.39 is 23.6 Å². The van der Waals surface area contributed by atoms with Crippen molar-refractivity contribution in [2.24, 2.45) is 5.92 Å². The molecule has 7 heteroatoms. The molecular weight excluding hydrogens is 251 g/mol. The van der Waals surface area contributed by atoms with E-state index in [4.69, 9.17) is 5.11 Å². The molecule has 18 heavy (non-hydrogen) atoms. The molecular formula is C11H14F3NO3. The predicted octanol–water partition coefficient (Wildman–Crippen LogP) is 1.79. The Hall–Kier alpha value is -1.27. The van der Waals surface area contributed by atoms with E-state index in [0.29, 0.717) is 25.2 Å². The highest BCUT2D eigenvalue weighted by Crippen LogP contribution is 2.52. The van der Waals surface area contributed by atoms with Gasteiger partial charge in [-0.3, -0.25) is 9.59 Å². The number of hydrogen-bond donors (Lipinski definition) is 1. The lowest BCUT2D eigenvalue weighted by Gasteiger charge is -2.59. The molecule has 2 saturated heterocycles. The van der Waals surface area contributed by atoms with Gasteiger partial charge in [0.05, 0.1) is 0 Å². The van der Waals surface area contributed by atoms with E-state index in [9.17, 15) is 22.8 Å². The first-order valence-corrected chi connectivity index (χ1v) is 5.85. The van der Waals surface area contributed by atoms with Crippen LogP contribution >= 0.6 is 0 Å². The van der Waals surface area contributed by atoms with Crippen molar-refractivity contribution in [3.8, 4) is 0 Å². The number of carboxylic acid groups (broad SMARTS) is 1. The first-order chi connectivity index (χ1) is 8.24. The van der Waals surface area contributed by atoms with Crippen molar-refractivity contribution < 1.29 is 27.9 Å². The SMILES string of the molecule is O=C(O)CCC12CC(CCN1C(=O)C(F)(F)F)C2. The summed E-state index contributed by atoms with van der Waals surface area (Å²) in [5, 5.41) is 8.63. The highest BCUT2D eigenvalue weighted by Gasteiger charge is 2.57. The first kappa shape index (κ1) is 13.2. The van der Waals surface area contributed by atoms with Crippen LogP contribution in [0.2, 0.25) is 0 Å². The van der Waals surface area contributed by atoms with E-state index in [0.717, 1.165) is 4.90 Å². The van der Waals surface area contributed by atoms with Crippen molar-refractivity contribution in [3.63, 3.8) is 0 Å². The van der Waals surface area contributed by atoms with E-state index in [1.165, 1.54) is 0 Å². The molecule has 0 aromatic rings. The number of halogens is 3. The molecule has 1 aliphatic carbocycles. The molecule has 0 spiro atoms. The summed E-state index contributed by atoms with van der Waals surface area (Å²) in [6.07, 6.45) is -3.38. The number of hydrogen-bond acceptors (Lipinski definition) is 2. The maximum absolute atomic E-state index is 12.5. The lowest BCUT2D eigenvalue weighted by molar-refractivity contribution is -0.204. The third-order valence-corrected chi connectivity index (χ3v) is 3.96. The fourth-order valence-corrected chi connectivity index (χ4v) is 3.14. The van der Waals surface area contributed by atoms with Crippen LogP contribution in [0.25, 0.3) is 0 Å². The Morgan fingerprint density at radius 2 is 1.94 bits per heavy atom. The fourth-order valence-electron chi connectivity index (χ4n) is 3.14. The molecule has 2 aliphatic heterocycles. The van der Waals surface area contributed by atoms with Gasteiger partial charge in [0.25, 0.3) is 0 Å². The summed E-state index contributed by atoms with van der Waals surface area (Å²) >= 11 is 0. The lowest BCUT2D eigenvalue weighted by Crippen LogP contribution is -2.66. The summed E-state index contributed by atoms with van der Waals surface area (Å²) in [6, 6.07) is 0. The maximum atomic E-state index is 12.5. The number of alkyl halides is 3. The molecule has 2 bridgehead atoms. The van der Waals surface area contributed by atoms with Gasteiger partial charge in [-0.25, -0.2) is 0 Å². The third-order valence-electron chi connectivity index (χ3n) is 3.96. The Morgan fingerprint density at radius 1 is 1.33 bits per heavy atom. The molecule has 3 fully saturated rings. The van der Waals surface area contributed by atoms with Gasteiger partial charge < -0.3 is 10.0 Å². The van der Waals surface area contributed by atoms with E-state index in [-0.39, 0.29) is 19.4 Å². The Morgan fingerprint density at radius 3 is 2.44 bits per heavy atom. The maximum Gasteiger partial charge on any atom is 0.471 e. The summed E-state index contributed by atoms with van der Waals surface area (Å²) in [7, 11) is 0. The van der Waals surface area contributed by atoms with Crippen LogP contribution in [0, 0.1) is 5.92 Å². The van der Waals surface area contributed by atoms with Gasteiger partial charge in [-0.1, -0.05) is 0 Å². The largest absolute Gasteiger partial charge is 0.481 e. The second kappa shape index (κ2) is 4.13. The number of aliphatic carboxylic acids is 1. The minimum atomic E-state index is -4.88. The Bertz CT molecular complexity index is 374. The molecule has 1 saturated carbocycles. The second-order valence-electron chi connectivity index (χ2n) is 5.14. The van der Waals surface area contributed by atoms with E-state index in [2.05, 4.69) is 0 Å². The average molecular weight is 265 g/mol.